The van der Waals surface area contributed by atoms with Crippen molar-refractivity contribution in [3.8, 4) is 5.75 Å². The smallest absolute Gasteiger partial charge is 0.310 e. The first kappa shape index (κ1) is 18.5. The van der Waals surface area contributed by atoms with Gasteiger partial charge in [-0.15, -0.1) is 0 Å². The summed E-state index contributed by atoms with van der Waals surface area (Å²) in [5.74, 6) is 0.162. The first-order valence-corrected chi connectivity index (χ1v) is 8.24. The fourth-order valence-corrected chi connectivity index (χ4v) is 2.43. The van der Waals surface area contributed by atoms with Gasteiger partial charge in [-0.2, -0.15) is 0 Å². The molecule has 0 aliphatic heterocycles. The van der Waals surface area contributed by atoms with Crippen molar-refractivity contribution in [2.75, 3.05) is 13.2 Å². The standard InChI is InChI=1S/C18H29NO3/c1-4-7-12-22-16-11-9-8-10-15(16)13-19-14-18(5-2,6-3)17(20)21/h8-11,19H,4-7,12-14H2,1-3H3,(H,20,21). The van der Waals surface area contributed by atoms with Crippen LogP contribution in [0.25, 0.3) is 0 Å². The van der Waals surface area contributed by atoms with Crippen LogP contribution in [0.4, 0.5) is 0 Å². The number of aliphatic carboxylic acids is 1. The molecule has 1 aromatic rings. The Morgan fingerprint density at radius 2 is 1.91 bits per heavy atom. The fourth-order valence-electron chi connectivity index (χ4n) is 2.43. The van der Waals surface area contributed by atoms with Crippen LogP contribution in [0.5, 0.6) is 5.75 Å². The number of hydrogen-bond donors (Lipinski definition) is 2. The van der Waals surface area contributed by atoms with Gasteiger partial charge in [0.1, 0.15) is 5.75 Å². The number of carboxylic acid groups (broad SMARTS) is 1. The maximum atomic E-state index is 11.5. The Labute approximate surface area is 133 Å². The molecule has 0 aliphatic rings. The zero-order valence-electron chi connectivity index (χ0n) is 14.0. The zero-order chi connectivity index (χ0) is 16.4. The predicted octanol–water partition coefficient (Wildman–Crippen LogP) is 3.85. The molecule has 4 heteroatoms. The van der Waals surface area contributed by atoms with Crippen LogP contribution in [0.1, 0.15) is 52.0 Å². The lowest BCUT2D eigenvalue weighted by atomic mass is 9.82. The van der Waals surface area contributed by atoms with Gasteiger partial charge >= 0.3 is 5.97 Å². The van der Waals surface area contributed by atoms with Gasteiger partial charge < -0.3 is 15.2 Å². The lowest BCUT2D eigenvalue weighted by Gasteiger charge is -2.27. The van der Waals surface area contributed by atoms with Crippen molar-refractivity contribution in [1.82, 2.24) is 5.32 Å². The maximum Gasteiger partial charge on any atom is 0.310 e. The highest BCUT2D eigenvalue weighted by Gasteiger charge is 2.34. The Bertz CT molecular complexity index is 455. The SMILES string of the molecule is CCCCOc1ccccc1CNCC(CC)(CC)C(=O)O. The highest BCUT2D eigenvalue weighted by molar-refractivity contribution is 5.74. The summed E-state index contributed by atoms with van der Waals surface area (Å²) in [5, 5.41) is 12.7. The van der Waals surface area contributed by atoms with Crippen molar-refractivity contribution < 1.29 is 14.6 Å². The molecule has 0 unspecified atom stereocenters. The van der Waals surface area contributed by atoms with Crippen molar-refractivity contribution in [2.45, 2.75) is 53.0 Å². The van der Waals surface area contributed by atoms with Crippen molar-refractivity contribution in [2.24, 2.45) is 5.41 Å². The summed E-state index contributed by atoms with van der Waals surface area (Å²) in [6, 6.07) is 7.93. The maximum absolute atomic E-state index is 11.5. The number of unbranched alkanes of at least 4 members (excludes halogenated alkanes) is 1. The van der Waals surface area contributed by atoms with E-state index in [2.05, 4.69) is 12.2 Å². The van der Waals surface area contributed by atoms with Gasteiger partial charge in [0.05, 0.1) is 12.0 Å². The van der Waals surface area contributed by atoms with E-state index in [-0.39, 0.29) is 0 Å². The third kappa shape index (κ3) is 5.02. The number of carboxylic acids is 1. The van der Waals surface area contributed by atoms with E-state index in [0.717, 1.165) is 30.8 Å². The lowest BCUT2D eigenvalue weighted by Crippen LogP contribution is -2.40. The van der Waals surface area contributed by atoms with Gasteiger partial charge in [-0.25, -0.2) is 0 Å². The van der Waals surface area contributed by atoms with Gasteiger partial charge in [-0.1, -0.05) is 45.4 Å². The number of ether oxygens (including phenoxy) is 1. The van der Waals surface area contributed by atoms with E-state index < -0.39 is 11.4 Å². The van der Waals surface area contributed by atoms with Crippen molar-refractivity contribution in [3.63, 3.8) is 0 Å². The van der Waals surface area contributed by atoms with E-state index >= 15 is 0 Å². The van der Waals surface area contributed by atoms with Crippen LogP contribution in [0.3, 0.4) is 0 Å². The Balaban J connectivity index is 2.62. The lowest BCUT2D eigenvalue weighted by molar-refractivity contribution is -0.149. The molecule has 22 heavy (non-hydrogen) atoms. The first-order chi connectivity index (χ1) is 10.6. The summed E-state index contributed by atoms with van der Waals surface area (Å²) in [6.45, 7) is 7.81. The number of nitrogens with one attached hydrogen (secondary N) is 1. The number of hydrogen-bond acceptors (Lipinski definition) is 3. The topological polar surface area (TPSA) is 58.6 Å². The summed E-state index contributed by atoms with van der Waals surface area (Å²) in [4.78, 5) is 11.5. The molecule has 0 atom stereocenters. The second kappa shape index (κ2) is 9.46. The molecule has 0 aromatic heterocycles. The highest BCUT2D eigenvalue weighted by atomic mass is 16.5. The molecule has 0 heterocycles. The average molecular weight is 307 g/mol. The van der Waals surface area contributed by atoms with Gasteiger partial charge in [0, 0.05) is 18.7 Å². The van der Waals surface area contributed by atoms with Gasteiger partial charge in [0.15, 0.2) is 0 Å². The molecule has 0 radical (unpaired) electrons. The van der Waals surface area contributed by atoms with Crippen LogP contribution >= 0.6 is 0 Å². The summed E-state index contributed by atoms with van der Waals surface area (Å²) in [7, 11) is 0. The van der Waals surface area contributed by atoms with Crippen molar-refractivity contribution >= 4 is 5.97 Å². The Morgan fingerprint density at radius 1 is 1.23 bits per heavy atom. The Morgan fingerprint density at radius 3 is 2.50 bits per heavy atom. The summed E-state index contributed by atoms with van der Waals surface area (Å²) in [5.41, 5.74) is 0.392. The normalized spacial score (nSPS) is 11.4. The molecule has 124 valence electrons. The second-order valence-corrected chi connectivity index (χ2v) is 5.71. The van der Waals surface area contributed by atoms with Crippen LogP contribution in [0, 0.1) is 5.41 Å². The third-order valence-corrected chi connectivity index (χ3v) is 4.31. The molecule has 0 fully saturated rings. The van der Waals surface area contributed by atoms with Gasteiger partial charge in [-0.05, 0) is 25.3 Å². The average Bonchev–Trinajstić information content (AvgIpc) is 2.53. The molecular weight excluding hydrogens is 278 g/mol. The molecule has 0 aliphatic carbocycles. The van der Waals surface area contributed by atoms with E-state index in [9.17, 15) is 9.90 Å². The van der Waals surface area contributed by atoms with E-state index in [1.165, 1.54) is 0 Å². The molecular formula is C18H29NO3. The van der Waals surface area contributed by atoms with Crippen LogP contribution < -0.4 is 10.1 Å². The second-order valence-electron chi connectivity index (χ2n) is 5.71. The van der Waals surface area contributed by atoms with Crippen LogP contribution in [0.15, 0.2) is 24.3 Å². The van der Waals surface area contributed by atoms with Gasteiger partial charge in [-0.3, -0.25) is 4.79 Å². The van der Waals surface area contributed by atoms with E-state index in [1.807, 2.05) is 38.1 Å². The molecule has 2 N–H and O–H groups in total. The molecule has 1 rings (SSSR count). The molecule has 0 saturated heterocycles. The number of carbonyl (C=O) groups is 1. The molecule has 4 nitrogen and oxygen atoms in total. The Kier molecular flexibility index (Phi) is 7.96. The Hall–Kier alpha value is -1.55. The molecule has 0 amide bonds. The van der Waals surface area contributed by atoms with Crippen LogP contribution in [0.2, 0.25) is 0 Å². The van der Waals surface area contributed by atoms with Crippen LogP contribution in [-0.2, 0) is 11.3 Å². The van der Waals surface area contributed by atoms with Gasteiger partial charge in [0.2, 0.25) is 0 Å². The highest BCUT2D eigenvalue weighted by Crippen LogP contribution is 2.26. The first-order valence-electron chi connectivity index (χ1n) is 8.24. The van der Waals surface area contributed by atoms with Crippen molar-refractivity contribution in [3.05, 3.63) is 29.8 Å². The number of rotatable bonds is 11. The summed E-state index contributed by atoms with van der Waals surface area (Å²) in [6.07, 6.45) is 3.39. The number of benzene rings is 1. The quantitative estimate of drug-likeness (QED) is 0.610. The third-order valence-electron chi connectivity index (χ3n) is 4.31. The predicted molar refractivity (Wildman–Crippen MR) is 89.2 cm³/mol. The molecule has 1 aromatic carbocycles. The summed E-state index contributed by atoms with van der Waals surface area (Å²) >= 11 is 0. The minimum absolute atomic E-state index is 0.471. The van der Waals surface area contributed by atoms with E-state index in [1.54, 1.807) is 0 Å². The van der Waals surface area contributed by atoms with E-state index in [0.29, 0.717) is 25.9 Å². The number of para-hydroxylation sites is 1. The van der Waals surface area contributed by atoms with E-state index in [4.69, 9.17) is 4.74 Å². The molecule has 0 saturated carbocycles. The summed E-state index contributed by atoms with van der Waals surface area (Å²) < 4.78 is 5.80. The van der Waals surface area contributed by atoms with Gasteiger partial charge in [0.25, 0.3) is 0 Å². The minimum atomic E-state index is -0.725. The largest absolute Gasteiger partial charge is 0.493 e. The minimum Gasteiger partial charge on any atom is -0.493 e. The van der Waals surface area contributed by atoms with Crippen molar-refractivity contribution in [1.29, 1.82) is 0 Å². The fraction of sp³-hybridized carbons (Fsp3) is 0.611. The van der Waals surface area contributed by atoms with Crippen LogP contribution in [-0.4, -0.2) is 24.2 Å². The molecule has 0 bridgehead atoms. The molecule has 0 spiro atoms. The zero-order valence-corrected chi connectivity index (χ0v) is 14.0. The monoisotopic (exact) mass is 307 g/mol.